The second kappa shape index (κ2) is 6.02. The highest BCUT2D eigenvalue weighted by Crippen LogP contribution is 2.32. The van der Waals surface area contributed by atoms with E-state index >= 15 is 0 Å². The summed E-state index contributed by atoms with van der Waals surface area (Å²) in [5.74, 6) is 0. The zero-order valence-electron chi connectivity index (χ0n) is 11.0. The summed E-state index contributed by atoms with van der Waals surface area (Å²) >= 11 is 6.03. The molecule has 2 rings (SSSR count). The van der Waals surface area contributed by atoms with Crippen LogP contribution >= 0.6 is 11.6 Å². The lowest BCUT2D eigenvalue weighted by Gasteiger charge is -2.41. The number of aryl methyl sites for hydroxylation is 1. The standard InChI is InChI=1S/C14H21ClN2O/c1-3-17-6-7-18-13(9-16)14(17)12-5-4-11(15)8-10(12)2/h4-5,8,13-14H,3,6-7,9,16H2,1-2H3. The minimum absolute atomic E-state index is 0.0681. The summed E-state index contributed by atoms with van der Waals surface area (Å²) in [6.07, 6.45) is 0.0681. The Morgan fingerprint density at radius 3 is 2.89 bits per heavy atom. The van der Waals surface area contributed by atoms with Gasteiger partial charge in [0.15, 0.2) is 0 Å². The van der Waals surface area contributed by atoms with Crippen LogP contribution in [-0.4, -0.2) is 37.2 Å². The highest BCUT2D eigenvalue weighted by molar-refractivity contribution is 6.30. The smallest absolute Gasteiger partial charge is 0.0894 e. The molecule has 1 aliphatic rings. The van der Waals surface area contributed by atoms with Gasteiger partial charge in [-0.25, -0.2) is 0 Å². The van der Waals surface area contributed by atoms with Gasteiger partial charge < -0.3 is 10.5 Å². The van der Waals surface area contributed by atoms with Gasteiger partial charge in [0.1, 0.15) is 0 Å². The predicted octanol–water partition coefficient (Wildman–Crippen LogP) is 2.37. The minimum atomic E-state index is 0.0681. The Morgan fingerprint density at radius 2 is 2.28 bits per heavy atom. The number of benzene rings is 1. The van der Waals surface area contributed by atoms with Crippen molar-refractivity contribution in [2.45, 2.75) is 26.0 Å². The van der Waals surface area contributed by atoms with Crippen molar-refractivity contribution >= 4 is 11.6 Å². The molecule has 2 unspecified atom stereocenters. The molecule has 0 aromatic heterocycles. The minimum Gasteiger partial charge on any atom is -0.374 e. The van der Waals surface area contributed by atoms with Gasteiger partial charge in [-0.2, -0.15) is 0 Å². The number of morpholine rings is 1. The van der Waals surface area contributed by atoms with Crippen LogP contribution in [0.25, 0.3) is 0 Å². The van der Waals surface area contributed by atoms with Crippen LogP contribution in [0.5, 0.6) is 0 Å². The summed E-state index contributed by atoms with van der Waals surface area (Å²) < 4.78 is 5.81. The molecule has 0 bridgehead atoms. The van der Waals surface area contributed by atoms with E-state index in [1.165, 1.54) is 11.1 Å². The third-order valence-corrected chi connectivity index (χ3v) is 3.88. The fourth-order valence-electron chi connectivity index (χ4n) is 2.71. The Morgan fingerprint density at radius 1 is 1.50 bits per heavy atom. The Labute approximate surface area is 114 Å². The van der Waals surface area contributed by atoms with Crippen molar-refractivity contribution in [1.29, 1.82) is 0 Å². The molecule has 0 saturated carbocycles. The lowest BCUT2D eigenvalue weighted by atomic mass is 9.94. The first kappa shape index (κ1) is 13.8. The molecule has 3 nitrogen and oxygen atoms in total. The molecule has 0 amide bonds. The second-order valence-corrected chi connectivity index (χ2v) is 5.16. The summed E-state index contributed by atoms with van der Waals surface area (Å²) in [5.41, 5.74) is 8.33. The summed E-state index contributed by atoms with van der Waals surface area (Å²) in [6, 6.07) is 6.29. The number of nitrogens with two attached hydrogens (primary N) is 1. The monoisotopic (exact) mass is 268 g/mol. The van der Waals surface area contributed by atoms with Crippen molar-refractivity contribution in [2.75, 3.05) is 26.2 Å². The first-order valence-corrected chi connectivity index (χ1v) is 6.87. The Hall–Kier alpha value is -0.610. The van der Waals surface area contributed by atoms with Gasteiger partial charge in [-0.3, -0.25) is 4.90 Å². The Bertz CT molecular complexity index is 399. The molecule has 100 valence electrons. The van der Waals surface area contributed by atoms with Crippen LogP contribution in [0.4, 0.5) is 0 Å². The van der Waals surface area contributed by atoms with Crippen molar-refractivity contribution < 1.29 is 4.74 Å². The molecular weight excluding hydrogens is 248 g/mol. The molecule has 4 heteroatoms. The van der Waals surface area contributed by atoms with Crippen LogP contribution in [-0.2, 0) is 4.74 Å². The van der Waals surface area contributed by atoms with E-state index < -0.39 is 0 Å². The summed E-state index contributed by atoms with van der Waals surface area (Å²) in [4.78, 5) is 2.43. The van der Waals surface area contributed by atoms with E-state index in [2.05, 4.69) is 24.8 Å². The van der Waals surface area contributed by atoms with Crippen molar-refractivity contribution in [3.05, 3.63) is 34.3 Å². The van der Waals surface area contributed by atoms with E-state index in [0.29, 0.717) is 6.54 Å². The van der Waals surface area contributed by atoms with E-state index in [0.717, 1.165) is 24.7 Å². The average molecular weight is 269 g/mol. The van der Waals surface area contributed by atoms with Crippen molar-refractivity contribution in [2.24, 2.45) is 5.73 Å². The maximum absolute atomic E-state index is 6.03. The van der Waals surface area contributed by atoms with E-state index in [9.17, 15) is 0 Å². The van der Waals surface area contributed by atoms with E-state index in [4.69, 9.17) is 22.1 Å². The fourth-order valence-corrected chi connectivity index (χ4v) is 2.93. The summed E-state index contributed by atoms with van der Waals surface area (Å²) in [6.45, 7) is 7.54. The van der Waals surface area contributed by atoms with Crippen molar-refractivity contribution in [3.8, 4) is 0 Å². The van der Waals surface area contributed by atoms with Crippen LogP contribution in [0.2, 0.25) is 5.02 Å². The number of halogens is 1. The molecule has 1 aromatic carbocycles. The first-order chi connectivity index (χ1) is 8.67. The quantitative estimate of drug-likeness (QED) is 0.915. The average Bonchev–Trinajstić information content (AvgIpc) is 2.38. The van der Waals surface area contributed by atoms with Gasteiger partial charge in [-0.05, 0) is 36.7 Å². The Balaban J connectivity index is 2.36. The summed E-state index contributed by atoms with van der Waals surface area (Å²) in [7, 11) is 0. The van der Waals surface area contributed by atoms with Gasteiger partial charge in [0.2, 0.25) is 0 Å². The summed E-state index contributed by atoms with van der Waals surface area (Å²) in [5, 5.41) is 0.778. The van der Waals surface area contributed by atoms with E-state index in [1.807, 2.05) is 12.1 Å². The van der Waals surface area contributed by atoms with E-state index in [1.54, 1.807) is 0 Å². The molecule has 1 aliphatic heterocycles. The molecule has 2 atom stereocenters. The lowest BCUT2D eigenvalue weighted by Crippen LogP contribution is -2.48. The molecule has 0 aliphatic carbocycles. The normalized spacial score (nSPS) is 25.3. The third kappa shape index (κ3) is 2.69. The third-order valence-electron chi connectivity index (χ3n) is 3.64. The van der Waals surface area contributed by atoms with Crippen molar-refractivity contribution in [3.63, 3.8) is 0 Å². The SMILES string of the molecule is CCN1CCOC(CN)C1c1ccc(Cl)cc1C. The number of likely N-dealkylation sites (N-methyl/N-ethyl adjacent to an activating group) is 1. The van der Waals surface area contributed by atoms with E-state index in [-0.39, 0.29) is 12.1 Å². The molecule has 0 spiro atoms. The largest absolute Gasteiger partial charge is 0.374 e. The second-order valence-electron chi connectivity index (χ2n) is 4.72. The number of rotatable bonds is 3. The Kier molecular flexibility index (Phi) is 4.62. The van der Waals surface area contributed by atoms with Crippen molar-refractivity contribution in [1.82, 2.24) is 4.90 Å². The van der Waals surface area contributed by atoms with Gasteiger partial charge >= 0.3 is 0 Å². The number of hydrogen-bond acceptors (Lipinski definition) is 3. The molecule has 1 aromatic rings. The van der Waals surface area contributed by atoms with Gasteiger partial charge in [-0.1, -0.05) is 24.6 Å². The number of ether oxygens (including phenoxy) is 1. The van der Waals surface area contributed by atoms with Gasteiger partial charge in [0.05, 0.1) is 18.8 Å². The highest BCUT2D eigenvalue weighted by atomic mass is 35.5. The predicted molar refractivity (Wildman–Crippen MR) is 75.0 cm³/mol. The molecule has 18 heavy (non-hydrogen) atoms. The van der Waals surface area contributed by atoms with Crippen LogP contribution < -0.4 is 5.73 Å². The maximum atomic E-state index is 6.03. The van der Waals surface area contributed by atoms with Gasteiger partial charge in [0.25, 0.3) is 0 Å². The zero-order chi connectivity index (χ0) is 13.1. The highest BCUT2D eigenvalue weighted by Gasteiger charge is 2.32. The van der Waals surface area contributed by atoms with Crippen LogP contribution in [0, 0.1) is 6.92 Å². The van der Waals surface area contributed by atoms with Crippen LogP contribution in [0.1, 0.15) is 24.1 Å². The number of nitrogens with zero attached hydrogens (tertiary/aromatic N) is 1. The molecular formula is C14H21ClN2O. The molecule has 1 saturated heterocycles. The van der Waals surface area contributed by atoms with Crippen LogP contribution in [0.3, 0.4) is 0 Å². The van der Waals surface area contributed by atoms with Gasteiger partial charge in [-0.15, -0.1) is 0 Å². The lowest BCUT2D eigenvalue weighted by molar-refractivity contribution is -0.0660. The molecule has 2 N–H and O–H groups in total. The molecule has 1 fully saturated rings. The van der Waals surface area contributed by atoms with Crippen LogP contribution in [0.15, 0.2) is 18.2 Å². The maximum Gasteiger partial charge on any atom is 0.0894 e. The molecule has 0 radical (unpaired) electrons. The van der Waals surface area contributed by atoms with Gasteiger partial charge in [0, 0.05) is 18.1 Å². The first-order valence-electron chi connectivity index (χ1n) is 6.49. The fraction of sp³-hybridized carbons (Fsp3) is 0.571. The zero-order valence-corrected chi connectivity index (χ0v) is 11.8. The number of hydrogen-bond donors (Lipinski definition) is 1. The topological polar surface area (TPSA) is 38.5 Å². The molecule has 1 heterocycles.